The van der Waals surface area contributed by atoms with Crippen molar-refractivity contribution < 1.29 is 14.2 Å². The predicted molar refractivity (Wildman–Crippen MR) is 92.6 cm³/mol. The fourth-order valence-electron chi connectivity index (χ4n) is 2.77. The van der Waals surface area contributed by atoms with Crippen molar-refractivity contribution in [2.24, 2.45) is 0 Å². The van der Waals surface area contributed by atoms with Crippen LogP contribution in [0.1, 0.15) is 12.0 Å². The van der Waals surface area contributed by atoms with E-state index in [1.165, 1.54) is 5.56 Å². The van der Waals surface area contributed by atoms with Gasteiger partial charge in [-0.2, -0.15) is 0 Å². The van der Waals surface area contributed by atoms with Gasteiger partial charge in [-0.05, 0) is 45.1 Å². The second kappa shape index (κ2) is 9.75. The molecule has 0 aliphatic carbocycles. The van der Waals surface area contributed by atoms with E-state index >= 15 is 0 Å². The molecule has 0 radical (unpaired) electrons. The minimum atomic E-state index is 0.682. The quantitative estimate of drug-likeness (QED) is 0.694. The third-order valence-corrected chi connectivity index (χ3v) is 4.09. The maximum absolute atomic E-state index is 6.10. The molecule has 0 atom stereocenters. The van der Waals surface area contributed by atoms with E-state index in [1.807, 2.05) is 12.1 Å². The topological polar surface area (TPSA) is 34.2 Å². The van der Waals surface area contributed by atoms with Gasteiger partial charge in [0.05, 0.1) is 20.3 Å². The van der Waals surface area contributed by atoms with Crippen LogP contribution in [0.5, 0.6) is 11.5 Å². The lowest BCUT2D eigenvalue weighted by Crippen LogP contribution is -2.38. The van der Waals surface area contributed by atoms with Crippen LogP contribution in [0.25, 0.3) is 0 Å². The summed E-state index contributed by atoms with van der Waals surface area (Å²) < 4.78 is 17.0. The molecule has 0 amide bonds. The molecule has 2 rings (SSSR count). The Balaban J connectivity index is 1.91. The minimum absolute atomic E-state index is 0.682. The van der Waals surface area contributed by atoms with Gasteiger partial charge < -0.3 is 19.1 Å². The first-order valence-electron chi connectivity index (χ1n) is 8.44. The first-order valence-corrected chi connectivity index (χ1v) is 8.44. The number of nitrogens with zero attached hydrogens (tertiary/aromatic N) is 2. The molecule has 0 spiro atoms. The second-order valence-corrected chi connectivity index (χ2v) is 6.16. The summed E-state index contributed by atoms with van der Waals surface area (Å²) in [5, 5.41) is 0. The van der Waals surface area contributed by atoms with Crippen molar-refractivity contribution >= 4 is 0 Å². The van der Waals surface area contributed by atoms with Crippen molar-refractivity contribution in [3.8, 4) is 11.5 Å². The number of para-hydroxylation sites is 1. The molecule has 1 aromatic carbocycles. The molecule has 1 aliphatic rings. The molecule has 5 nitrogen and oxygen atoms in total. The highest BCUT2D eigenvalue weighted by molar-refractivity contribution is 5.46. The van der Waals surface area contributed by atoms with E-state index in [-0.39, 0.29) is 0 Å². The molecular weight excluding hydrogens is 292 g/mol. The standard InChI is InChI=1S/C18H30N2O3/c1-19(2)9-5-7-16-6-4-8-17(21-3)18(16)23-15-12-20-10-13-22-14-11-20/h4,6,8H,5,7,9-15H2,1-3H3. The molecular formula is C18H30N2O3. The Morgan fingerprint density at radius 3 is 2.70 bits per heavy atom. The van der Waals surface area contributed by atoms with Crippen LogP contribution < -0.4 is 9.47 Å². The van der Waals surface area contributed by atoms with Crippen LogP contribution in [-0.2, 0) is 11.2 Å². The fourth-order valence-corrected chi connectivity index (χ4v) is 2.77. The molecule has 0 N–H and O–H groups in total. The van der Waals surface area contributed by atoms with Gasteiger partial charge in [0.2, 0.25) is 0 Å². The second-order valence-electron chi connectivity index (χ2n) is 6.16. The Morgan fingerprint density at radius 2 is 2.00 bits per heavy atom. The SMILES string of the molecule is COc1cccc(CCCN(C)C)c1OCCN1CCOCC1. The molecule has 0 aromatic heterocycles. The van der Waals surface area contributed by atoms with Crippen LogP contribution in [-0.4, -0.2) is 77.0 Å². The molecule has 1 saturated heterocycles. The third-order valence-electron chi connectivity index (χ3n) is 4.09. The molecule has 0 unspecified atom stereocenters. The molecule has 1 heterocycles. The summed E-state index contributed by atoms with van der Waals surface area (Å²) in [7, 11) is 5.91. The molecule has 5 heteroatoms. The fraction of sp³-hybridized carbons (Fsp3) is 0.667. The average molecular weight is 322 g/mol. The third kappa shape index (κ3) is 6.01. The van der Waals surface area contributed by atoms with Gasteiger partial charge in [-0.3, -0.25) is 4.90 Å². The molecule has 130 valence electrons. The van der Waals surface area contributed by atoms with Crippen LogP contribution >= 0.6 is 0 Å². The smallest absolute Gasteiger partial charge is 0.164 e. The van der Waals surface area contributed by atoms with Crippen molar-refractivity contribution in [2.75, 3.05) is 67.2 Å². The maximum atomic E-state index is 6.10. The van der Waals surface area contributed by atoms with Gasteiger partial charge in [-0.25, -0.2) is 0 Å². The number of ether oxygens (including phenoxy) is 3. The summed E-state index contributed by atoms with van der Waals surface area (Å²) in [6, 6.07) is 6.15. The summed E-state index contributed by atoms with van der Waals surface area (Å²) in [6.07, 6.45) is 2.11. The van der Waals surface area contributed by atoms with Crippen LogP contribution in [0.2, 0.25) is 0 Å². The Kier molecular flexibility index (Phi) is 7.65. The lowest BCUT2D eigenvalue weighted by atomic mass is 10.1. The number of aryl methyl sites for hydroxylation is 1. The Morgan fingerprint density at radius 1 is 1.22 bits per heavy atom. The highest BCUT2D eigenvalue weighted by Crippen LogP contribution is 2.32. The van der Waals surface area contributed by atoms with Gasteiger partial charge in [-0.15, -0.1) is 0 Å². The normalized spacial score (nSPS) is 15.8. The van der Waals surface area contributed by atoms with Crippen molar-refractivity contribution in [3.05, 3.63) is 23.8 Å². The lowest BCUT2D eigenvalue weighted by Gasteiger charge is -2.26. The van der Waals surface area contributed by atoms with Gasteiger partial charge in [0.1, 0.15) is 6.61 Å². The highest BCUT2D eigenvalue weighted by Gasteiger charge is 2.13. The summed E-state index contributed by atoms with van der Waals surface area (Å²) in [4.78, 5) is 4.59. The van der Waals surface area contributed by atoms with E-state index in [9.17, 15) is 0 Å². The van der Waals surface area contributed by atoms with Crippen molar-refractivity contribution in [2.45, 2.75) is 12.8 Å². The first kappa shape index (κ1) is 18.0. The zero-order valence-corrected chi connectivity index (χ0v) is 14.7. The molecule has 0 saturated carbocycles. The van der Waals surface area contributed by atoms with Gasteiger partial charge in [-0.1, -0.05) is 12.1 Å². The van der Waals surface area contributed by atoms with Crippen LogP contribution in [0, 0.1) is 0 Å². The van der Waals surface area contributed by atoms with Crippen molar-refractivity contribution in [1.29, 1.82) is 0 Å². The highest BCUT2D eigenvalue weighted by atomic mass is 16.5. The maximum Gasteiger partial charge on any atom is 0.164 e. The number of hydrogen-bond acceptors (Lipinski definition) is 5. The number of hydrogen-bond donors (Lipinski definition) is 0. The molecule has 0 bridgehead atoms. The molecule has 1 aliphatic heterocycles. The van der Waals surface area contributed by atoms with Gasteiger partial charge in [0.15, 0.2) is 11.5 Å². The molecule has 1 aromatic rings. The van der Waals surface area contributed by atoms with E-state index < -0.39 is 0 Å². The predicted octanol–water partition coefficient (Wildman–Crippen LogP) is 1.90. The lowest BCUT2D eigenvalue weighted by molar-refractivity contribution is 0.0320. The Hall–Kier alpha value is -1.30. The largest absolute Gasteiger partial charge is 0.493 e. The van der Waals surface area contributed by atoms with Gasteiger partial charge >= 0.3 is 0 Å². The zero-order chi connectivity index (χ0) is 16.5. The average Bonchev–Trinajstić information content (AvgIpc) is 2.56. The van der Waals surface area contributed by atoms with E-state index in [0.717, 1.165) is 63.7 Å². The van der Waals surface area contributed by atoms with Gasteiger partial charge in [0, 0.05) is 19.6 Å². The summed E-state index contributed by atoms with van der Waals surface area (Å²) in [5.41, 5.74) is 1.23. The van der Waals surface area contributed by atoms with Crippen molar-refractivity contribution in [3.63, 3.8) is 0 Å². The number of morpholine rings is 1. The van der Waals surface area contributed by atoms with Crippen LogP contribution in [0.3, 0.4) is 0 Å². The summed E-state index contributed by atoms with van der Waals surface area (Å²) in [6.45, 7) is 6.31. The number of rotatable bonds is 9. The first-order chi connectivity index (χ1) is 11.2. The minimum Gasteiger partial charge on any atom is -0.493 e. The van der Waals surface area contributed by atoms with E-state index in [2.05, 4.69) is 30.0 Å². The monoisotopic (exact) mass is 322 g/mol. The van der Waals surface area contributed by atoms with E-state index in [4.69, 9.17) is 14.2 Å². The number of benzene rings is 1. The molecule has 1 fully saturated rings. The Bertz CT molecular complexity index is 460. The van der Waals surface area contributed by atoms with Gasteiger partial charge in [0.25, 0.3) is 0 Å². The Labute approximate surface area is 140 Å². The summed E-state index contributed by atoms with van der Waals surface area (Å²) >= 11 is 0. The number of methoxy groups -OCH3 is 1. The van der Waals surface area contributed by atoms with Crippen LogP contribution in [0.15, 0.2) is 18.2 Å². The van der Waals surface area contributed by atoms with Crippen LogP contribution in [0.4, 0.5) is 0 Å². The zero-order valence-electron chi connectivity index (χ0n) is 14.7. The van der Waals surface area contributed by atoms with E-state index in [0.29, 0.717) is 6.61 Å². The van der Waals surface area contributed by atoms with E-state index in [1.54, 1.807) is 7.11 Å². The summed E-state index contributed by atoms with van der Waals surface area (Å²) in [5.74, 6) is 1.73. The molecule has 23 heavy (non-hydrogen) atoms. The van der Waals surface area contributed by atoms with Crippen molar-refractivity contribution in [1.82, 2.24) is 9.80 Å².